The number of rotatable bonds is 6. The van der Waals surface area contributed by atoms with Crippen molar-refractivity contribution in [2.75, 3.05) is 0 Å². The first-order chi connectivity index (χ1) is 12.0. The van der Waals surface area contributed by atoms with Crippen molar-refractivity contribution in [1.82, 2.24) is 10.3 Å². The summed E-state index contributed by atoms with van der Waals surface area (Å²) in [5.41, 5.74) is 2.25. The molecule has 1 N–H and O–H groups in total. The van der Waals surface area contributed by atoms with E-state index < -0.39 is 5.95 Å². The second kappa shape index (κ2) is 7.71. The Morgan fingerprint density at radius 2 is 2.08 bits per heavy atom. The molecule has 1 aliphatic carbocycles. The summed E-state index contributed by atoms with van der Waals surface area (Å²) in [6.45, 7) is 2.04. The van der Waals surface area contributed by atoms with E-state index in [9.17, 15) is 9.18 Å². The molecule has 1 heterocycles. The lowest BCUT2D eigenvalue weighted by Gasteiger charge is -2.16. The van der Waals surface area contributed by atoms with Crippen molar-refractivity contribution in [3.05, 3.63) is 63.1 Å². The van der Waals surface area contributed by atoms with Gasteiger partial charge >= 0.3 is 0 Å². The van der Waals surface area contributed by atoms with E-state index in [4.69, 9.17) is 23.2 Å². The molecule has 0 saturated heterocycles. The molecule has 3 nitrogen and oxygen atoms in total. The molecular weight excluding hydrogens is 362 g/mol. The third-order valence-electron chi connectivity index (χ3n) is 4.51. The maximum atomic E-state index is 13.9. The molecule has 25 heavy (non-hydrogen) atoms. The SMILES string of the molecule is CC[C@H](C(=O)NCc1cc(C2CC2)cnc1F)c1ccc(Cl)c(Cl)c1. The van der Waals surface area contributed by atoms with Crippen LogP contribution in [0.4, 0.5) is 4.39 Å². The van der Waals surface area contributed by atoms with Gasteiger partial charge in [-0.05, 0) is 54.5 Å². The van der Waals surface area contributed by atoms with Crippen molar-refractivity contribution in [2.24, 2.45) is 0 Å². The Balaban J connectivity index is 1.70. The third kappa shape index (κ3) is 4.31. The summed E-state index contributed by atoms with van der Waals surface area (Å²) in [5, 5.41) is 3.68. The summed E-state index contributed by atoms with van der Waals surface area (Å²) in [5.74, 6) is -0.580. The molecule has 0 unspecified atom stereocenters. The predicted octanol–water partition coefficient (Wildman–Crippen LogP) is 5.21. The molecule has 1 fully saturated rings. The van der Waals surface area contributed by atoms with E-state index >= 15 is 0 Å². The van der Waals surface area contributed by atoms with Crippen LogP contribution in [0.1, 0.15) is 54.7 Å². The molecule has 0 radical (unpaired) electrons. The minimum atomic E-state index is -0.535. The molecular formula is C19H19Cl2FN2O. The van der Waals surface area contributed by atoms with E-state index in [0.717, 1.165) is 24.0 Å². The Hall–Kier alpha value is -1.65. The molecule has 6 heteroatoms. The van der Waals surface area contributed by atoms with Crippen LogP contribution in [0.15, 0.2) is 30.5 Å². The first kappa shape index (κ1) is 18.2. The first-order valence-corrected chi connectivity index (χ1v) is 9.12. The van der Waals surface area contributed by atoms with Gasteiger partial charge in [0.25, 0.3) is 0 Å². The summed E-state index contributed by atoms with van der Waals surface area (Å²) >= 11 is 12.0. The van der Waals surface area contributed by atoms with Crippen LogP contribution in [0.2, 0.25) is 10.0 Å². The molecule has 132 valence electrons. The average Bonchev–Trinajstić information content (AvgIpc) is 3.43. The smallest absolute Gasteiger partial charge is 0.227 e. The van der Waals surface area contributed by atoms with Crippen molar-refractivity contribution in [2.45, 2.75) is 44.6 Å². The van der Waals surface area contributed by atoms with E-state index in [1.807, 2.05) is 6.92 Å². The summed E-state index contributed by atoms with van der Waals surface area (Å²) in [6, 6.07) is 6.98. The monoisotopic (exact) mass is 380 g/mol. The summed E-state index contributed by atoms with van der Waals surface area (Å²) in [4.78, 5) is 16.4. The number of halogens is 3. The van der Waals surface area contributed by atoms with E-state index in [2.05, 4.69) is 10.3 Å². The third-order valence-corrected chi connectivity index (χ3v) is 5.24. The van der Waals surface area contributed by atoms with Gasteiger partial charge < -0.3 is 5.32 Å². The fourth-order valence-electron chi connectivity index (χ4n) is 2.88. The van der Waals surface area contributed by atoms with Crippen LogP contribution in [0.5, 0.6) is 0 Å². The lowest BCUT2D eigenvalue weighted by molar-refractivity contribution is -0.122. The zero-order chi connectivity index (χ0) is 18.0. The van der Waals surface area contributed by atoms with Crippen molar-refractivity contribution in [3.63, 3.8) is 0 Å². The largest absolute Gasteiger partial charge is 0.351 e. The summed E-state index contributed by atoms with van der Waals surface area (Å²) in [7, 11) is 0. The molecule has 0 aliphatic heterocycles. The molecule has 1 amide bonds. The Morgan fingerprint density at radius 1 is 1.32 bits per heavy atom. The lowest BCUT2D eigenvalue weighted by Crippen LogP contribution is -2.29. The van der Waals surface area contributed by atoms with Gasteiger partial charge in [0.15, 0.2) is 0 Å². The number of carbonyl (C=O) groups excluding carboxylic acids is 1. The highest BCUT2D eigenvalue weighted by Crippen LogP contribution is 2.40. The number of nitrogens with zero attached hydrogens (tertiary/aromatic N) is 1. The standard InChI is InChI=1S/C19H19Cl2FN2O/c1-2-15(12-5-6-16(20)17(21)8-12)19(25)24-10-14-7-13(11-3-4-11)9-23-18(14)22/h5-9,11,15H,2-4,10H2,1H3,(H,24,25)/t15-/m0/s1. The Bertz CT molecular complexity index is 793. The number of carbonyl (C=O) groups is 1. The van der Waals surface area contributed by atoms with Gasteiger partial charge in [-0.1, -0.05) is 36.2 Å². The van der Waals surface area contributed by atoms with Gasteiger partial charge in [0, 0.05) is 18.3 Å². The highest BCUT2D eigenvalue weighted by Gasteiger charge is 2.25. The highest BCUT2D eigenvalue weighted by molar-refractivity contribution is 6.42. The van der Waals surface area contributed by atoms with Crippen LogP contribution in [-0.2, 0) is 11.3 Å². The molecule has 1 aromatic heterocycles. The van der Waals surface area contributed by atoms with E-state index in [1.54, 1.807) is 30.5 Å². The fourth-order valence-corrected chi connectivity index (χ4v) is 3.19. The van der Waals surface area contributed by atoms with E-state index in [0.29, 0.717) is 27.9 Å². The second-order valence-corrected chi connectivity index (χ2v) is 7.16. The Morgan fingerprint density at radius 3 is 2.72 bits per heavy atom. The topological polar surface area (TPSA) is 42.0 Å². The number of benzene rings is 1. The zero-order valence-electron chi connectivity index (χ0n) is 13.9. The zero-order valence-corrected chi connectivity index (χ0v) is 15.4. The average molecular weight is 381 g/mol. The van der Waals surface area contributed by atoms with E-state index in [1.165, 1.54) is 0 Å². The van der Waals surface area contributed by atoms with Gasteiger partial charge in [0.2, 0.25) is 11.9 Å². The number of amides is 1. The highest BCUT2D eigenvalue weighted by atomic mass is 35.5. The van der Waals surface area contributed by atoms with Gasteiger partial charge in [-0.2, -0.15) is 4.39 Å². The van der Waals surface area contributed by atoms with Crippen LogP contribution in [0, 0.1) is 5.95 Å². The number of aromatic nitrogens is 1. The minimum absolute atomic E-state index is 0.121. The molecule has 2 aromatic rings. The molecule has 1 aromatic carbocycles. The van der Waals surface area contributed by atoms with Crippen LogP contribution in [0.25, 0.3) is 0 Å². The van der Waals surface area contributed by atoms with Gasteiger partial charge in [0.1, 0.15) is 0 Å². The molecule has 1 atom stereocenters. The number of nitrogens with one attached hydrogen (secondary N) is 1. The number of hydrogen-bond acceptors (Lipinski definition) is 2. The van der Waals surface area contributed by atoms with Crippen molar-refractivity contribution in [3.8, 4) is 0 Å². The van der Waals surface area contributed by atoms with Crippen LogP contribution in [0.3, 0.4) is 0 Å². The molecule has 1 aliphatic rings. The fraction of sp³-hybridized carbons (Fsp3) is 0.368. The summed E-state index contributed by atoms with van der Waals surface area (Å²) < 4.78 is 13.9. The van der Waals surface area contributed by atoms with Gasteiger partial charge in [0.05, 0.1) is 16.0 Å². The lowest BCUT2D eigenvalue weighted by atomic mass is 9.95. The Labute approximate surface area is 156 Å². The van der Waals surface area contributed by atoms with Crippen LogP contribution >= 0.6 is 23.2 Å². The normalized spacial score (nSPS) is 15.0. The van der Waals surface area contributed by atoms with Crippen molar-refractivity contribution >= 4 is 29.1 Å². The first-order valence-electron chi connectivity index (χ1n) is 8.36. The van der Waals surface area contributed by atoms with Gasteiger partial charge in [-0.15, -0.1) is 0 Å². The predicted molar refractivity (Wildman–Crippen MR) is 97.5 cm³/mol. The summed E-state index contributed by atoms with van der Waals surface area (Å²) in [6.07, 6.45) is 4.43. The number of hydrogen-bond donors (Lipinski definition) is 1. The van der Waals surface area contributed by atoms with Crippen LogP contribution < -0.4 is 5.32 Å². The quantitative estimate of drug-likeness (QED) is 0.698. The minimum Gasteiger partial charge on any atom is -0.351 e. The van der Waals surface area contributed by atoms with Gasteiger partial charge in [-0.3, -0.25) is 4.79 Å². The van der Waals surface area contributed by atoms with Gasteiger partial charge in [-0.25, -0.2) is 4.98 Å². The maximum absolute atomic E-state index is 13.9. The number of pyridine rings is 1. The molecule has 1 saturated carbocycles. The Kier molecular flexibility index (Phi) is 5.60. The van der Waals surface area contributed by atoms with Crippen molar-refractivity contribution in [1.29, 1.82) is 0 Å². The van der Waals surface area contributed by atoms with E-state index in [-0.39, 0.29) is 18.4 Å². The van der Waals surface area contributed by atoms with Crippen molar-refractivity contribution < 1.29 is 9.18 Å². The maximum Gasteiger partial charge on any atom is 0.227 e. The second-order valence-electron chi connectivity index (χ2n) is 6.35. The van der Waals surface area contributed by atoms with Crippen LogP contribution in [-0.4, -0.2) is 10.9 Å². The molecule has 3 rings (SSSR count). The molecule has 0 spiro atoms. The molecule has 0 bridgehead atoms.